The molecule has 0 aromatic carbocycles. The molecule has 0 radical (unpaired) electrons. The van der Waals surface area contributed by atoms with Crippen molar-refractivity contribution in [3.63, 3.8) is 0 Å². The monoisotopic (exact) mass is 344 g/mol. The first kappa shape index (κ1) is 36.0. The molecule has 0 saturated heterocycles. The van der Waals surface area contributed by atoms with Crippen LogP contribution in [0.3, 0.4) is 0 Å². The fourth-order valence-electron chi connectivity index (χ4n) is 0. The molecule has 0 bridgehead atoms. The van der Waals surface area contributed by atoms with E-state index in [-0.39, 0.29) is 34.7 Å². The molecule has 0 aliphatic rings. The van der Waals surface area contributed by atoms with Crippen LogP contribution in [0.1, 0.15) is 27.7 Å². The maximum absolute atomic E-state index is 9.00. The zero-order valence-electron chi connectivity index (χ0n) is 10.2. The van der Waals surface area contributed by atoms with Gasteiger partial charge in [-0.05, 0) is 0 Å². The molecule has 0 spiro atoms. The van der Waals surface area contributed by atoms with E-state index in [1.54, 1.807) is 0 Å². The number of rotatable bonds is 0. The van der Waals surface area contributed by atoms with Crippen LogP contribution in [0.5, 0.6) is 0 Å². The summed E-state index contributed by atoms with van der Waals surface area (Å²) in [5.74, 6) is -3.33. The summed E-state index contributed by atoms with van der Waals surface area (Å²) in [6, 6.07) is 0. The van der Waals surface area contributed by atoms with Gasteiger partial charge in [0.1, 0.15) is 0 Å². The summed E-state index contributed by atoms with van der Waals surface area (Å²) in [5, 5.41) is 29.7. The molecule has 0 saturated carbocycles. The third kappa shape index (κ3) is 2610. The Labute approximate surface area is 126 Å². The van der Waals surface area contributed by atoms with E-state index in [0.29, 0.717) is 0 Å². The Morgan fingerprint density at radius 2 is 0.500 bits per heavy atom. The van der Waals surface area contributed by atoms with Crippen molar-refractivity contribution in [2.75, 3.05) is 0 Å². The summed E-state index contributed by atoms with van der Waals surface area (Å²) in [7, 11) is 0. The van der Waals surface area contributed by atoms with E-state index in [9.17, 15) is 0 Å². The van der Waals surface area contributed by atoms with Gasteiger partial charge in [0.2, 0.25) is 0 Å². The minimum Gasteiger partial charge on any atom is -0.481 e. The Bertz CT molecular complexity index is 165. The minimum atomic E-state index is -0.833. The van der Waals surface area contributed by atoms with Crippen molar-refractivity contribution in [2.24, 2.45) is 0 Å². The predicted octanol–water partition coefficient (Wildman–Crippen LogP) is 0.359. The molecule has 0 aromatic heterocycles. The molecule has 8 nitrogen and oxygen atoms in total. The maximum Gasteiger partial charge on any atom is 0.300 e. The number of hydrogen-bond donors (Lipinski definition) is 4. The van der Waals surface area contributed by atoms with Crippen molar-refractivity contribution in [3.8, 4) is 0 Å². The van der Waals surface area contributed by atoms with Gasteiger partial charge in [-0.3, -0.25) is 19.2 Å². The molecule has 0 atom stereocenters. The normalized spacial score (nSPS) is 5.56. The molecule has 0 aromatic rings. The number of carboxylic acids is 4. The van der Waals surface area contributed by atoms with Crippen molar-refractivity contribution in [3.05, 3.63) is 0 Å². The van der Waals surface area contributed by atoms with Crippen LogP contribution in [0.15, 0.2) is 0 Å². The van der Waals surface area contributed by atoms with Gasteiger partial charge in [0.25, 0.3) is 23.9 Å². The molecule has 0 heterocycles. The second-order valence-electron chi connectivity index (χ2n) is 2.08. The summed E-state index contributed by atoms with van der Waals surface area (Å²) in [5.41, 5.74) is 0. The van der Waals surface area contributed by atoms with E-state index in [4.69, 9.17) is 39.6 Å². The summed E-state index contributed by atoms with van der Waals surface area (Å²) < 4.78 is 0. The van der Waals surface area contributed by atoms with Crippen LogP contribution in [-0.2, 0) is 53.9 Å². The summed E-state index contributed by atoms with van der Waals surface area (Å²) in [6.07, 6.45) is 0. The molecule has 4 N–H and O–H groups in total. The second-order valence-corrected chi connectivity index (χ2v) is 2.08. The van der Waals surface area contributed by atoms with E-state index in [2.05, 4.69) is 0 Å². The minimum absolute atomic E-state index is 0. The van der Waals surface area contributed by atoms with Gasteiger partial charge in [-0.2, -0.15) is 0 Å². The fraction of sp³-hybridized carbons (Fsp3) is 0.500. The van der Waals surface area contributed by atoms with E-state index >= 15 is 0 Å². The molecule has 0 unspecified atom stereocenters. The van der Waals surface area contributed by atoms with Crippen molar-refractivity contribution >= 4 is 23.9 Å². The third-order valence-electron chi connectivity index (χ3n) is 0. The first-order chi connectivity index (χ1) is 6.93. The van der Waals surface area contributed by atoms with Gasteiger partial charge in [0.15, 0.2) is 0 Å². The van der Waals surface area contributed by atoms with Crippen molar-refractivity contribution in [1.29, 1.82) is 0 Å². The topological polar surface area (TPSA) is 149 Å². The second kappa shape index (κ2) is 29.7. The quantitative estimate of drug-likeness (QED) is 0.492. The average molecular weight is 344 g/mol. The molecule has 0 aliphatic heterocycles. The van der Waals surface area contributed by atoms with Crippen molar-refractivity contribution in [2.45, 2.75) is 27.7 Å². The van der Waals surface area contributed by atoms with Crippen LogP contribution in [0, 0.1) is 0 Å². The number of hydrogen-bond acceptors (Lipinski definition) is 4. The van der Waals surface area contributed by atoms with Crippen LogP contribution < -0.4 is 0 Å². The molecule has 108 valence electrons. The third-order valence-corrected chi connectivity index (χ3v) is 0. The van der Waals surface area contributed by atoms with Gasteiger partial charge < -0.3 is 20.4 Å². The summed E-state index contributed by atoms with van der Waals surface area (Å²) in [4.78, 5) is 36.0. The maximum atomic E-state index is 9.00. The predicted molar refractivity (Wildman–Crippen MR) is 53.2 cm³/mol. The van der Waals surface area contributed by atoms with Gasteiger partial charge in [0, 0.05) is 62.4 Å². The summed E-state index contributed by atoms with van der Waals surface area (Å²) >= 11 is 0. The largest absolute Gasteiger partial charge is 0.481 e. The zero-order chi connectivity index (χ0) is 14.3. The van der Waals surface area contributed by atoms with Gasteiger partial charge in [0.05, 0.1) is 0 Å². The molecule has 18 heavy (non-hydrogen) atoms. The van der Waals surface area contributed by atoms with Crippen LogP contribution in [0.2, 0.25) is 0 Å². The Morgan fingerprint density at radius 3 is 0.500 bits per heavy atom. The molecular weight excluding hydrogens is 328 g/mol. The van der Waals surface area contributed by atoms with Crippen molar-refractivity contribution < 1.29 is 74.3 Å². The first-order valence-electron chi connectivity index (χ1n) is 3.71. The van der Waals surface area contributed by atoms with E-state index < -0.39 is 23.9 Å². The van der Waals surface area contributed by atoms with Gasteiger partial charge in [-0.1, -0.05) is 0 Å². The molecule has 0 aliphatic carbocycles. The van der Waals surface area contributed by atoms with E-state index in [1.165, 1.54) is 0 Å². The van der Waals surface area contributed by atoms with Crippen LogP contribution in [-0.4, -0.2) is 44.3 Å². The average Bonchev–Trinajstić information content (AvgIpc) is 1.76. The number of carboxylic acid groups (broad SMARTS) is 4. The molecule has 0 amide bonds. The van der Waals surface area contributed by atoms with Crippen molar-refractivity contribution in [1.82, 2.24) is 0 Å². The van der Waals surface area contributed by atoms with Gasteiger partial charge >= 0.3 is 0 Å². The first-order valence-corrected chi connectivity index (χ1v) is 3.71. The van der Waals surface area contributed by atoms with Gasteiger partial charge in [-0.15, -0.1) is 0 Å². The van der Waals surface area contributed by atoms with E-state index in [0.717, 1.165) is 27.7 Å². The Kier molecular flexibility index (Phi) is 59.4. The van der Waals surface area contributed by atoms with Crippen LogP contribution >= 0.6 is 0 Å². The fourth-order valence-corrected chi connectivity index (χ4v) is 0. The van der Waals surface area contributed by atoms with Crippen LogP contribution in [0.4, 0.5) is 0 Å². The number of carbonyl (C=O) groups is 4. The standard InChI is InChI=1S/4C2H4O2.2Cr/c4*1-2(3)4;;/h4*1H3,(H,3,4);;. The molecular formula is C8H16Cr2O8. The Balaban J connectivity index is -0.0000000257. The molecule has 0 rings (SSSR count). The van der Waals surface area contributed by atoms with Gasteiger partial charge in [-0.25, -0.2) is 0 Å². The molecule has 10 heteroatoms. The number of aliphatic carboxylic acids is 4. The summed E-state index contributed by atoms with van der Waals surface area (Å²) in [6.45, 7) is 4.33. The smallest absolute Gasteiger partial charge is 0.300 e. The Hall–Kier alpha value is -1.06. The Morgan fingerprint density at radius 1 is 0.500 bits per heavy atom. The zero-order valence-corrected chi connectivity index (χ0v) is 12.8. The van der Waals surface area contributed by atoms with E-state index in [1.807, 2.05) is 0 Å². The molecule has 0 fully saturated rings. The SMILES string of the molecule is CC(=O)O.CC(=O)O.CC(=O)O.CC(=O)O.[Cr].[Cr]. The van der Waals surface area contributed by atoms with Crippen LogP contribution in [0.25, 0.3) is 0 Å².